The molecule has 1 aromatic heterocycles. The van der Waals surface area contributed by atoms with Gasteiger partial charge in [-0.05, 0) is 20.3 Å². The van der Waals surface area contributed by atoms with Crippen molar-refractivity contribution in [2.75, 3.05) is 19.8 Å². The van der Waals surface area contributed by atoms with Crippen LogP contribution in [0.4, 0.5) is 0 Å². The lowest BCUT2D eigenvalue weighted by atomic mass is 10.1. The van der Waals surface area contributed by atoms with E-state index in [0.29, 0.717) is 18.2 Å². The molecule has 1 aliphatic heterocycles. The van der Waals surface area contributed by atoms with Crippen molar-refractivity contribution >= 4 is 5.97 Å². The van der Waals surface area contributed by atoms with Crippen molar-refractivity contribution in [2.45, 2.75) is 26.8 Å². The molecule has 0 spiro atoms. The maximum atomic E-state index is 11.6. The van der Waals surface area contributed by atoms with Crippen LogP contribution in [0.3, 0.4) is 0 Å². The van der Waals surface area contributed by atoms with E-state index >= 15 is 0 Å². The molecular weight excluding hydrogens is 222 g/mol. The second-order valence-corrected chi connectivity index (χ2v) is 4.16. The Labute approximate surface area is 99.9 Å². The average Bonchev–Trinajstić information content (AvgIpc) is 2.91. The van der Waals surface area contributed by atoms with Crippen LogP contribution in [0.5, 0.6) is 0 Å². The van der Waals surface area contributed by atoms with Crippen LogP contribution in [0.2, 0.25) is 0 Å². The van der Waals surface area contributed by atoms with Crippen LogP contribution in [0, 0.1) is 12.8 Å². The van der Waals surface area contributed by atoms with Gasteiger partial charge in [-0.1, -0.05) is 5.21 Å². The first-order valence-electron chi connectivity index (χ1n) is 5.87. The number of rotatable bonds is 4. The number of hydrogen-bond donors (Lipinski definition) is 0. The van der Waals surface area contributed by atoms with E-state index in [1.54, 1.807) is 11.6 Å². The molecule has 0 aromatic carbocycles. The van der Waals surface area contributed by atoms with Gasteiger partial charge in [0.15, 0.2) is 5.69 Å². The molecule has 0 bridgehead atoms. The number of ether oxygens (including phenoxy) is 2. The molecule has 1 aliphatic rings. The largest absolute Gasteiger partial charge is 0.461 e. The molecule has 1 fully saturated rings. The lowest BCUT2D eigenvalue weighted by molar-refractivity contribution is 0.0518. The van der Waals surface area contributed by atoms with Crippen molar-refractivity contribution in [3.05, 3.63) is 11.4 Å². The van der Waals surface area contributed by atoms with Gasteiger partial charge in [-0.3, -0.25) is 0 Å². The molecule has 94 valence electrons. The minimum atomic E-state index is -0.404. The first-order chi connectivity index (χ1) is 8.22. The third-order valence-corrected chi connectivity index (χ3v) is 2.91. The maximum Gasteiger partial charge on any atom is 0.360 e. The highest BCUT2D eigenvalue weighted by molar-refractivity contribution is 5.88. The Morgan fingerprint density at radius 1 is 1.65 bits per heavy atom. The standard InChI is InChI=1S/C11H17N3O3/c1-3-17-11(15)10-8(2)14(13-12-10)6-9-4-5-16-7-9/h9H,3-7H2,1-2H3. The van der Waals surface area contributed by atoms with Gasteiger partial charge in [0, 0.05) is 19.1 Å². The monoisotopic (exact) mass is 239 g/mol. The highest BCUT2D eigenvalue weighted by atomic mass is 16.5. The van der Waals surface area contributed by atoms with E-state index < -0.39 is 5.97 Å². The smallest absolute Gasteiger partial charge is 0.360 e. The molecule has 0 N–H and O–H groups in total. The first-order valence-corrected chi connectivity index (χ1v) is 5.87. The van der Waals surface area contributed by atoms with Crippen molar-refractivity contribution < 1.29 is 14.3 Å². The van der Waals surface area contributed by atoms with E-state index in [2.05, 4.69) is 10.3 Å². The highest BCUT2D eigenvalue weighted by Crippen LogP contribution is 2.16. The van der Waals surface area contributed by atoms with Gasteiger partial charge >= 0.3 is 5.97 Å². The zero-order chi connectivity index (χ0) is 12.3. The van der Waals surface area contributed by atoms with Crippen LogP contribution in [-0.2, 0) is 16.0 Å². The first kappa shape index (κ1) is 12.0. The van der Waals surface area contributed by atoms with Crippen LogP contribution >= 0.6 is 0 Å². The van der Waals surface area contributed by atoms with Gasteiger partial charge in [0.05, 0.1) is 18.9 Å². The number of aromatic nitrogens is 3. The summed E-state index contributed by atoms with van der Waals surface area (Å²) in [7, 11) is 0. The Bertz CT molecular complexity index is 397. The van der Waals surface area contributed by atoms with Gasteiger partial charge < -0.3 is 9.47 Å². The summed E-state index contributed by atoms with van der Waals surface area (Å²) in [4.78, 5) is 11.6. The summed E-state index contributed by atoms with van der Waals surface area (Å²) in [5.74, 6) is 0.0596. The molecule has 1 saturated heterocycles. The summed E-state index contributed by atoms with van der Waals surface area (Å²) >= 11 is 0. The number of esters is 1. The lowest BCUT2D eigenvalue weighted by Gasteiger charge is -2.08. The normalized spacial score (nSPS) is 19.5. The summed E-state index contributed by atoms with van der Waals surface area (Å²) in [6.07, 6.45) is 1.04. The van der Waals surface area contributed by atoms with Crippen molar-refractivity contribution in [1.29, 1.82) is 0 Å². The fourth-order valence-corrected chi connectivity index (χ4v) is 1.89. The van der Waals surface area contributed by atoms with Gasteiger partial charge in [0.2, 0.25) is 0 Å². The predicted molar refractivity (Wildman–Crippen MR) is 59.6 cm³/mol. The number of carbonyl (C=O) groups excluding carboxylic acids is 1. The molecule has 0 radical (unpaired) electrons. The minimum absolute atomic E-state index is 0.311. The SMILES string of the molecule is CCOC(=O)c1nnn(CC2CCOC2)c1C. The van der Waals surface area contributed by atoms with E-state index in [1.165, 1.54) is 0 Å². The molecule has 6 nitrogen and oxygen atoms in total. The summed E-state index contributed by atoms with van der Waals surface area (Å²) in [6, 6.07) is 0. The van der Waals surface area contributed by atoms with Gasteiger partial charge in [-0.2, -0.15) is 0 Å². The summed E-state index contributed by atoms with van der Waals surface area (Å²) in [5, 5.41) is 7.87. The van der Waals surface area contributed by atoms with Crippen LogP contribution in [-0.4, -0.2) is 40.8 Å². The van der Waals surface area contributed by atoms with Crippen molar-refractivity contribution in [2.24, 2.45) is 5.92 Å². The fraction of sp³-hybridized carbons (Fsp3) is 0.727. The number of nitrogens with zero attached hydrogens (tertiary/aromatic N) is 3. The molecule has 1 unspecified atom stereocenters. The molecule has 2 rings (SSSR count). The van der Waals surface area contributed by atoms with E-state index in [0.717, 1.165) is 31.9 Å². The molecule has 2 heterocycles. The van der Waals surface area contributed by atoms with Crippen LogP contribution in [0.25, 0.3) is 0 Å². The summed E-state index contributed by atoms with van der Waals surface area (Å²) < 4.78 is 12.0. The Kier molecular flexibility index (Phi) is 3.73. The average molecular weight is 239 g/mol. The van der Waals surface area contributed by atoms with Crippen LogP contribution in [0.1, 0.15) is 29.5 Å². The van der Waals surface area contributed by atoms with E-state index in [9.17, 15) is 4.79 Å². The Morgan fingerprint density at radius 2 is 2.47 bits per heavy atom. The van der Waals surface area contributed by atoms with Crippen LogP contribution in [0.15, 0.2) is 0 Å². The van der Waals surface area contributed by atoms with Gasteiger partial charge in [-0.15, -0.1) is 5.10 Å². The highest BCUT2D eigenvalue weighted by Gasteiger charge is 2.21. The molecule has 1 aromatic rings. The molecule has 1 atom stereocenters. The fourth-order valence-electron chi connectivity index (χ4n) is 1.89. The van der Waals surface area contributed by atoms with Gasteiger partial charge in [0.25, 0.3) is 0 Å². The Hall–Kier alpha value is -1.43. The predicted octanol–water partition coefficient (Wildman–Crippen LogP) is 0.800. The summed E-state index contributed by atoms with van der Waals surface area (Å²) in [5.41, 5.74) is 1.07. The molecule has 17 heavy (non-hydrogen) atoms. The van der Waals surface area contributed by atoms with E-state index in [1.807, 2.05) is 6.92 Å². The van der Waals surface area contributed by atoms with Gasteiger partial charge in [0.1, 0.15) is 0 Å². The molecular formula is C11H17N3O3. The zero-order valence-electron chi connectivity index (χ0n) is 10.2. The maximum absolute atomic E-state index is 11.6. The molecule has 0 saturated carbocycles. The second-order valence-electron chi connectivity index (χ2n) is 4.16. The number of hydrogen-bond acceptors (Lipinski definition) is 5. The topological polar surface area (TPSA) is 66.2 Å². The quantitative estimate of drug-likeness (QED) is 0.727. The Morgan fingerprint density at radius 3 is 3.12 bits per heavy atom. The van der Waals surface area contributed by atoms with Gasteiger partial charge in [-0.25, -0.2) is 9.48 Å². The van der Waals surface area contributed by atoms with Crippen molar-refractivity contribution in [3.8, 4) is 0 Å². The van der Waals surface area contributed by atoms with Crippen molar-refractivity contribution in [3.63, 3.8) is 0 Å². The zero-order valence-corrected chi connectivity index (χ0v) is 10.2. The minimum Gasteiger partial charge on any atom is -0.461 e. The molecule has 0 amide bonds. The Balaban J connectivity index is 2.06. The van der Waals surface area contributed by atoms with Crippen molar-refractivity contribution in [1.82, 2.24) is 15.0 Å². The molecule has 0 aliphatic carbocycles. The third kappa shape index (κ3) is 2.63. The van der Waals surface area contributed by atoms with Crippen LogP contribution < -0.4 is 0 Å². The third-order valence-electron chi connectivity index (χ3n) is 2.91. The molecule has 6 heteroatoms. The lowest BCUT2D eigenvalue weighted by Crippen LogP contribution is -2.14. The van der Waals surface area contributed by atoms with E-state index in [4.69, 9.17) is 9.47 Å². The summed E-state index contributed by atoms with van der Waals surface area (Å²) in [6.45, 7) is 6.27. The van der Waals surface area contributed by atoms with E-state index in [-0.39, 0.29) is 0 Å². The second kappa shape index (κ2) is 5.27. The number of carbonyl (C=O) groups is 1.